The maximum atomic E-state index is 10.4. The van der Waals surface area contributed by atoms with Crippen LogP contribution >= 0.6 is 0 Å². The average molecular weight is 507 g/mol. The van der Waals surface area contributed by atoms with Crippen molar-refractivity contribution in [3.63, 3.8) is 0 Å². The standard InChI is InChI=1S/C35H42N2O/c1-27(2)19-21-31(30-13-7-6-8-14-30)15-9-11-17-33-24-29(25-36)20-22-32(33)16-10-12-18-34(26-37-5)35(38)23-28(3)4/h6-8,10,13-16,18-20,22,24,26,35,38H,3,9,11-12,17,21,23H2,1-2,4-5H3/b16-10+,31-15+,34-18+,37-26?. The number of benzene rings is 2. The van der Waals surface area contributed by atoms with Crippen molar-refractivity contribution in [2.45, 2.75) is 65.4 Å². The van der Waals surface area contributed by atoms with Gasteiger partial charge < -0.3 is 5.11 Å². The molecule has 0 radical (unpaired) electrons. The van der Waals surface area contributed by atoms with Crippen LogP contribution in [0, 0.1) is 11.3 Å². The molecule has 38 heavy (non-hydrogen) atoms. The third kappa shape index (κ3) is 11.1. The number of nitriles is 1. The molecule has 1 N–H and O–H groups in total. The van der Waals surface area contributed by atoms with Crippen molar-refractivity contribution in [1.29, 1.82) is 5.26 Å². The number of aliphatic imine (C=N–C) groups is 1. The third-order valence-corrected chi connectivity index (χ3v) is 6.18. The number of rotatable bonds is 14. The predicted octanol–water partition coefficient (Wildman–Crippen LogP) is 8.68. The van der Waals surface area contributed by atoms with Gasteiger partial charge in [0.2, 0.25) is 0 Å². The summed E-state index contributed by atoms with van der Waals surface area (Å²) < 4.78 is 0. The van der Waals surface area contributed by atoms with Crippen LogP contribution in [0.2, 0.25) is 0 Å². The van der Waals surface area contributed by atoms with Crippen molar-refractivity contribution in [3.8, 4) is 6.07 Å². The molecule has 0 saturated heterocycles. The number of aliphatic hydroxyl groups excluding tert-OH is 1. The minimum absolute atomic E-state index is 0.524. The minimum Gasteiger partial charge on any atom is -0.388 e. The molecular formula is C35H42N2O. The third-order valence-electron chi connectivity index (χ3n) is 6.18. The van der Waals surface area contributed by atoms with E-state index in [2.05, 4.69) is 86.1 Å². The number of aliphatic hydroxyl groups is 1. The van der Waals surface area contributed by atoms with Gasteiger partial charge >= 0.3 is 0 Å². The van der Waals surface area contributed by atoms with Gasteiger partial charge in [-0.25, -0.2) is 0 Å². The highest BCUT2D eigenvalue weighted by Crippen LogP contribution is 2.22. The fraction of sp³-hybridized carbons (Fsp3) is 0.314. The summed E-state index contributed by atoms with van der Waals surface area (Å²) in [6, 6.07) is 18.8. The van der Waals surface area contributed by atoms with E-state index < -0.39 is 6.10 Å². The van der Waals surface area contributed by atoms with E-state index in [9.17, 15) is 10.4 Å². The Bertz CT molecular complexity index is 1230. The molecule has 0 aliphatic heterocycles. The highest BCUT2D eigenvalue weighted by molar-refractivity contribution is 5.79. The topological polar surface area (TPSA) is 56.4 Å². The van der Waals surface area contributed by atoms with Gasteiger partial charge in [0.25, 0.3) is 0 Å². The Kier molecular flexibility index (Phi) is 13.6. The van der Waals surface area contributed by atoms with Gasteiger partial charge in [-0.1, -0.05) is 77.9 Å². The molecule has 0 amide bonds. The van der Waals surface area contributed by atoms with E-state index in [1.54, 1.807) is 13.3 Å². The molecule has 3 heteroatoms. The zero-order valence-electron chi connectivity index (χ0n) is 23.5. The van der Waals surface area contributed by atoms with Crippen LogP contribution in [-0.2, 0) is 6.42 Å². The monoisotopic (exact) mass is 506 g/mol. The van der Waals surface area contributed by atoms with E-state index in [4.69, 9.17) is 0 Å². The summed E-state index contributed by atoms with van der Waals surface area (Å²) in [4.78, 5) is 4.08. The number of unbranched alkanes of at least 4 members (excludes halogenated alkanes) is 1. The van der Waals surface area contributed by atoms with Crippen LogP contribution in [0.15, 0.2) is 101 Å². The first-order valence-corrected chi connectivity index (χ1v) is 13.4. The average Bonchev–Trinajstić information content (AvgIpc) is 2.90. The van der Waals surface area contributed by atoms with Gasteiger partial charge in [0, 0.05) is 13.3 Å². The lowest BCUT2D eigenvalue weighted by molar-refractivity contribution is 0.217. The molecule has 3 nitrogen and oxygen atoms in total. The molecule has 0 aliphatic carbocycles. The van der Waals surface area contributed by atoms with Crippen LogP contribution in [-0.4, -0.2) is 24.5 Å². The van der Waals surface area contributed by atoms with Gasteiger partial charge in [0.05, 0.1) is 17.7 Å². The number of hydrogen-bond donors (Lipinski definition) is 1. The van der Waals surface area contributed by atoms with Crippen molar-refractivity contribution >= 4 is 17.9 Å². The van der Waals surface area contributed by atoms with Crippen LogP contribution in [0.4, 0.5) is 0 Å². The summed E-state index contributed by atoms with van der Waals surface area (Å²) in [7, 11) is 1.71. The lowest BCUT2D eigenvalue weighted by Gasteiger charge is -2.11. The largest absolute Gasteiger partial charge is 0.388 e. The molecule has 2 rings (SSSR count). The van der Waals surface area contributed by atoms with E-state index in [1.165, 1.54) is 22.3 Å². The highest BCUT2D eigenvalue weighted by Gasteiger charge is 2.08. The SMILES string of the molecule is C=C(C)CC(O)/C(C=NC)=C/C/C=C/c1ccc(C#N)cc1CCC/C=C(\CC=C(C)C)c1ccccc1. The maximum absolute atomic E-state index is 10.4. The molecule has 0 aromatic heterocycles. The summed E-state index contributed by atoms with van der Waals surface area (Å²) in [5.41, 5.74) is 8.68. The van der Waals surface area contributed by atoms with Gasteiger partial charge in [-0.15, -0.1) is 6.58 Å². The Morgan fingerprint density at radius 3 is 2.50 bits per heavy atom. The van der Waals surface area contributed by atoms with Gasteiger partial charge in [0.1, 0.15) is 0 Å². The lowest BCUT2D eigenvalue weighted by Crippen LogP contribution is -2.11. The zero-order chi connectivity index (χ0) is 27.8. The molecule has 2 aromatic carbocycles. The number of allylic oxidation sites excluding steroid dienone is 6. The van der Waals surface area contributed by atoms with Crippen molar-refractivity contribution in [2.75, 3.05) is 7.05 Å². The number of hydrogen-bond acceptors (Lipinski definition) is 3. The van der Waals surface area contributed by atoms with E-state index in [1.807, 2.05) is 31.2 Å². The van der Waals surface area contributed by atoms with Crippen molar-refractivity contribution in [2.24, 2.45) is 4.99 Å². The van der Waals surface area contributed by atoms with E-state index in [0.29, 0.717) is 18.4 Å². The summed E-state index contributed by atoms with van der Waals surface area (Å²) >= 11 is 0. The molecular weight excluding hydrogens is 464 g/mol. The fourth-order valence-corrected chi connectivity index (χ4v) is 4.18. The van der Waals surface area contributed by atoms with Crippen LogP contribution in [0.3, 0.4) is 0 Å². The summed E-state index contributed by atoms with van der Waals surface area (Å²) in [5, 5.41) is 19.9. The highest BCUT2D eigenvalue weighted by atomic mass is 16.3. The zero-order valence-corrected chi connectivity index (χ0v) is 23.5. The van der Waals surface area contributed by atoms with Gasteiger partial charge in [-0.05, 0) is 99.3 Å². The predicted molar refractivity (Wildman–Crippen MR) is 164 cm³/mol. The van der Waals surface area contributed by atoms with Gasteiger partial charge in [0.15, 0.2) is 0 Å². The second-order valence-electron chi connectivity index (χ2n) is 9.91. The summed E-state index contributed by atoms with van der Waals surface area (Å²) in [6.45, 7) is 10.1. The van der Waals surface area contributed by atoms with E-state index in [-0.39, 0.29) is 0 Å². The normalized spacial score (nSPS) is 13.1. The molecule has 1 atom stereocenters. The van der Waals surface area contributed by atoms with Gasteiger partial charge in [-0.3, -0.25) is 4.99 Å². The molecule has 0 aliphatic rings. The Hall–Kier alpha value is -3.74. The van der Waals surface area contributed by atoms with Crippen molar-refractivity contribution < 1.29 is 5.11 Å². The summed E-state index contributed by atoms with van der Waals surface area (Å²) in [6.07, 6.45) is 17.0. The molecule has 2 aromatic rings. The quantitative estimate of drug-likeness (QED) is 0.158. The smallest absolute Gasteiger partial charge is 0.0991 e. The number of nitrogens with zero attached hydrogens (tertiary/aromatic N) is 2. The van der Waals surface area contributed by atoms with Gasteiger partial charge in [-0.2, -0.15) is 5.26 Å². The maximum Gasteiger partial charge on any atom is 0.0991 e. The first-order valence-electron chi connectivity index (χ1n) is 13.4. The van der Waals surface area contributed by atoms with Crippen molar-refractivity contribution in [1.82, 2.24) is 0 Å². The second-order valence-corrected chi connectivity index (χ2v) is 9.91. The van der Waals surface area contributed by atoms with Crippen LogP contribution in [0.5, 0.6) is 0 Å². The Labute approximate surface area is 230 Å². The Morgan fingerprint density at radius 2 is 1.84 bits per heavy atom. The molecule has 0 spiro atoms. The molecule has 198 valence electrons. The molecule has 0 bridgehead atoms. The minimum atomic E-state index is -0.597. The fourth-order valence-electron chi connectivity index (χ4n) is 4.18. The van der Waals surface area contributed by atoms with Crippen LogP contribution < -0.4 is 0 Å². The first-order chi connectivity index (χ1) is 18.3. The van der Waals surface area contributed by atoms with Crippen molar-refractivity contribution in [3.05, 3.63) is 118 Å². The first kappa shape index (κ1) is 30.5. The molecule has 0 fully saturated rings. The van der Waals surface area contributed by atoms with E-state index in [0.717, 1.165) is 42.4 Å². The molecule has 0 heterocycles. The Balaban J connectivity index is 2.13. The molecule has 0 saturated carbocycles. The number of aryl methyl sites for hydroxylation is 1. The summed E-state index contributed by atoms with van der Waals surface area (Å²) in [5.74, 6) is 0. The van der Waals surface area contributed by atoms with E-state index >= 15 is 0 Å². The molecule has 1 unspecified atom stereocenters. The van der Waals surface area contributed by atoms with Crippen LogP contribution in [0.1, 0.15) is 75.1 Å². The lowest BCUT2D eigenvalue weighted by atomic mass is 9.96. The second kappa shape index (κ2) is 16.9. The Morgan fingerprint density at radius 1 is 1.08 bits per heavy atom. The van der Waals surface area contributed by atoms with Crippen LogP contribution in [0.25, 0.3) is 11.6 Å².